The number of carbonyl (C=O) groups excluding carboxylic acids is 1. The summed E-state index contributed by atoms with van der Waals surface area (Å²) >= 11 is 0. The van der Waals surface area contributed by atoms with E-state index in [9.17, 15) is 4.79 Å². The maximum Gasteiger partial charge on any atom is 0.321 e. The third kappa shape index (κ3) is 3.35. The Kier molecular flexibility index (Phi) is 4.23. The van der Waals surface area contributed by atoms with E-state index in [0.717, 1.165) is 33.6 Å². The second kappa shape index (κ2) is 6.84. The van der Waals surface area contributed by atoms with Crippen molar-refractivity contribution in [3.63, 3.8) is 0 Å². The maximum absolute atomic E-state index is 11.7. The summed E-state index contributed by atoms with van der Waals surface area (Å²) in [6.07, 6.45) is 7.30. The summed E-state index contributed by atoms with van der Waals surface area (Å²) in [5, 5.41) is 6.31. The van der Waals surface area contributed by atoms with Crippen molar-refractivity contribution in [2.75, 3.05) is 17.7 Å². The predicted octanol–water partition coefficient (Wildman–Crippen LogP) is 3.73. The van der Waals surface area contributed by atoms with Gasteiger partial charge in [-0.25, -0.2) is 4.79 Å². The lowest BCUT2D eigenvalue weighted by Gasteiger charge is -2.26. The van der Waals surface area contributed by atoms with Crippen molar-refractivity contribution in [2.45, 2.75) is 13.1 Å². The molecule has 130 valence electrons. The van der Waals surface area contributed by atoms with E-state index >= 15 is 0 Å². The number of amides is 2. The third-order valence-electron chi connectivity index (χ3n) is 4.39. The summed E-state index contributed by atoms with van der Waals surface area (Å²) in [5.74, 6) is 0. The Labute approximate surface area is 151 Å². The van der Waals surface area contributed by atoms with Gasteiger partial charge < -0.3 is 15.5 Å². The molecule has 1 aromatic carbocycles. The van der Waals surface area contributed by atoms with Crippen molar-refractivity contribution in [2.24, 2.45) is 0 Å². The number of aromatic nitrogens is 2. The van der Waals surface area contributed by atoms with Crippen LogP contribution in [0.3, 0.4) is 0 Å². The number of nitrogens with zero attached hydrogens (tertiary/aromatic N) is 3. The minimum Gasteiger partial charge on any atom is -0.381 e. The zero-order chi connectivity index (χ0) is 17.9. The first-order chi connectivity index (χ1) is 12.7. The van der Waals surface area contributed by atoms with Crippen molar-refractivity contribution in [3.8, 4) is 11.1 Å². The number of pyridine rings is 2. The van der Waals surface area contributed by atoms with E-state index in [2.05, 4.69) is 32.7 Å². The second-order valence-corrected chi connectivity index (χ2v) is 6.34. The summed E-state index contributed by atoms with van der Waals surface area (Å²) < 4.78 is 0. The molecule has 0 bridgehead atoms. The molecule has 0 atom stereocenters. The van der Waals surface area contributed by atoms with Gasteiger partial charge in [0, 0.05) is 67.4 Å². The molecule has 0 unspecified atom stereocenters. The lowest BCUT2D eigenvalue weighted by Crippen LogP contribution is -2.35. The average Bonchev–Trinajstić information content (AvgIpc) is 2.68. The monoisotopic (exact) mass is 345 g/mol. The van der Waals surface area contributed by atoms with Gasteiger partial charge in [-0.05, 0) is 41.5 Å². The van der Waals surface area contributed by atoms with Gasteiger partial charge in [-0.15, -0.1) is 0 Å². The summed E-state index contributed by atoms with van der Waals surface area (Å²) in [6, 6.07) is 12.0. The minimum absolute atomic E-state index is 0.0727. The molecule has 0 saturated heterocycles. The van der Waals surface area contributed by atoms with Crippen LogP contribution in [0.25, 0.3) is 11.1 Å². The van der Waals surface area contributed by atoms with E-state index in [1.807, 2.05) is 42.9 Å². The van der Waals surface area contributed by atoms with E-state index in [-0.39, 0.29) is 6.03 Å². The fraction of sp³-hybridized carbons (Fsp3) is 0.150. The topological polar surface area (TPSA) is 70.2 Å². The van der Waals surface area contributed by atoms with Gasteiger partial charge in [0.1, 0.15) is 0 Å². The SMILES string of the molecule is CN1Cc2cc(NCc3cncc(-c4cccnc4)c3)ccc2NC1=O. The first kappa shape index (κ1) is 16.1. The van der Waals surface area contributed by atoms with Gasteiger partial charge in [-0.3, -0.25) is 9.97 Å². The van der Waals surface area contributed by atoms with Crippen LogP contribution in [0.1, 0.15) is 11.1 Å². The van der Waals surface area contributed by atoms with Crippen LogP contribution < -0.4 is 10.6 Å². The Morgan fingerprint density at radius 2 is 2.00 bits per heavy atom. The summed E-state index contributed by atoms with van der Waals surface area (Å²) in [6.45, 7) is 1.27. The smallest absolute Gasteiger partial charge is 0.321 e. The molecule has 6 heteroatoms. The van der Waals surface area contributed by atoms with Crippen LogP contribution in [-0.2, 0) is 13.1 Å². The summed E-state index contributed by atoms with van der Waals surface area (Å²) in [5.41, 5.74) is 6.18. The Morgan fingerprint density at radius 1 is 1.12 bits per heavy atom. The normalized spacial score (nSPS) is 13.1. The fourth-order valence-electron chi connectivity index (χ4n) is 2.97. The molecule has 26 heavy (non-hydrogen) atoms. The largest absolute Gasteiger partial charge is 0.381 e. The molecule has 0 saturated carbocycles. The average molecular weight is 345 g/mol. The zero-order valence-electron chi connectivity index (χ0n) is 14.4. The van der Waals surface area contributed by atoms with Crippen LogP contribution in [-0.4, -0.2) is 27.9 Å². The number of rotatable bonds is 4. The molecular formula is C20H19N5O. The number of nitrogens with one attached hydrogen (secondary N) is 2. The quantitative estimate of drug-likeness (QED) is 0.756. The number of anilines is 2. The van der Waals surface area contributed by atoms with Crippen LogP contribution in [0.15, 0.2) is 61.2 Å². The highest BCUT2D eigenvalue weighted by atomic mass is 16.2. The molecule has 0 spiro atoms. The van der Waals surface area contributed by atoms with Crippen LogP contribution >= 0.6 is 0 Å². The van der Waals surface area contributed by atoms with Crippen LogP contribution in [0.5, 0.6) is 0 Å². The van der Waals surface area contributed by atoms with E-state index in [1.54, 1.807) is 18.1 Å². The van der Waals surface area contributed by atoms with E-state index < -0.39 is 0 Å². The Bertz CT molecular complexity index is 942. The number of carbonyl (C=O) groups is 1. The van der Waals surface area contributed by atoms with E-state index in [0.29, 0.717) is 13.1 Å². The van der Waals surface area contributed by atoms with Crippen molar-refractivity contribution in [1.82, 2.24) is 14.9 Å². The number of benzene rings is 1. The predicted molar refractivity (Wildman–Crippen MR) is 102 cm³/mol. The second-order valence-electron chi connectivity index (χ2n) is 6.34. The highest BCUT2D eigenvalue weighted by Gasteiger charge is 2.19. The first-order valence-corrected chi connectivity index (χ1v) is 8.42. The Morgan fingerprint density at radius 3 is 2.85 bits per heavy atom. The molecule has 4 rings (SSSR count). The highest BCUT2D eigenvalue weighted by molar-refractivity contribution is 5.92. The van der Waals surface area contributed by atoms with Crippen molar-refractivity contribution < 1.29 is 4.79 Å². The molecule has 3 aromatic rings. The minimum atomic E-state index is -0.0727. The van der Waals surface area contributed by atoms with Crippen LogP contribution in [0, 0.1) is 0 Å². The van der Waals surface area contributed by atoms with E-state index in [4.69, 9.17) is 0 Å². The molecule has 2 amide bonds. The molecule has 1 aliphatic rings. The van der Waals surface area contributed by atoms with Crippen molar-refractivity contribution in [1.29, 1.82) is 0 Å². The van der Waals surface area contributed by atoms with Gasteiger partial charge in [-0.2, -0.15) is 0 Å². The number of urea groups is 1. The Balaban J connectivity index is 1.48. The lowest BCUT2D eigenvalue weighted by atomic mass is 10.1. The molecule has 1 aliphatic heterocycles. The zero-order valence-corrected chi connectivity index (χ0v) is 14.4. The van der Waals surface area contributed by atoms with Gasteiger partial charge in [0.2, 0.25) is 0 Å². The van der Waals surface area contributed by atoms with Crippen molar-refractivity contribution in [3.05, 3.63) is 72.3 Å². The number of hydrogen-bond donors (Lipinski definition) is 2. The fourth-order valence-corrected chi connectivity index (χ4v) is 2.97. The first-order valence-electron chi connectivity index (χ1n) is 8.42. The Hall–Kier alpha value is -3.41. The van der Waals surface area contributed by atoms with Gasteiger partial charge in [0.25, 0.3) is 0 Å². The maximum atomic E-state index is 11.7. The summed E-state index contributed by atoms with van der Waals surface area (Å²) in [4.78, 5) is 21.8. The number of fused-ring (bicyclic) bond motifs is 1. The summed E-state index contributed by atoms with van der Waals surface area (Å²) in [7, 11) is 1.79. The standard InChI is InChI=1S/C20H19N5O/c1-25-13-17-8-18(4-5-19(17)24-20(25)26)23-10-14-7-16(12-22-9-14)15-3-2-6-21-11-15/h2-9,11-12,23H,10,13H2,1H3,(H,24,26). The van der Waals surface area contributed by atoms with Gasteiger partial charge in [0.05, 0.1) is 0 Å². The molecule has 0 aliphatic carbocycles. The van der Waals surface area contributed by atoms with Crippen molar-refractivity contribution >= 4 is 17.4 Å². The van der Waals surface area contributed by atoms with Gasteiger partial charge >= 0.3 is 6.03 Å². The molecule has 3 heterocycles. The molecular weight excluding hydrogens is 326 g/mol. The molecule has 2 N–H and O–H groups in total. The van der Waals surface area contributed by atoms with Crippen LogP contribution in [0.2, 0.25) is 0 Å². The van der Waals surface area contributed by atoms with Crippen LogP contribution in [0.4, 0.5) is 16.2 Å². The molecule has 0 fully saturated rings. The molecule has 2 aromatic heterocycles. The van der Waals surface area contributed by atoms with E-state index in [1.165, 1.54) is 0 Å². The number of hydrogen-bond acceptors (Lipinski definition) is 4. The van der Waals surface area contributed by atoms with Gasteiger partial charge in [0.15, 0.2) is 0 Å². The highest BCUT2D eigenvalue weighted by Crippen LogP contribution is 2.26. The molecule has 0 radical (unpaired) electrons. The molecule has 6 nitrogen and oxygen atoms in total. The lowest BCUT2D eigenvalue weighted by molar-refractivity contribution is 0.218. The third-order valence-corrected chi connectivity index (χ3v) is 4.39. The van der Waals surface area contributed by atoms with Gasteiger partial charge in [-0.1, -0.05) is 6.07 Å².